The molecule has 0 amide bonds. The van der Waals surface area contributed by atoms with Crippen molar-refractivity contribution in [2.45, 2.75) is 31.4 Å². The Morgan fingerprint density at radius 1 is 1.07 bits per heavy atom. The number of carbonyl (C=O) groups is 2. The second-order valence-electron chi connectivity index (χ2n) is 6.73. The molecular formula is C21H25NO7S. The fourth-order valence-electron chi connectivity index (χ4n) is 2.60. The Balaban J connectivity index is 2.24. The van der Waals surface area contributed by atoms with Gasteiger partial charge in [0.1, 0.15) is 10.6 Å². The Morgan fingerprint density at radius 2 is 1.73 bits per heavy atom. The highest BCUT2D eigenvalue weighted by atomic mass is 32.2. The third-order valence-electron chi connectivity index (χ3n) is 4.02. The average Bonchev–Trinajstić information content (AvgIpc) is 2.71. The molecule has 0 bridgehead atoms. The van der Waals surface area contributed by atoms with Crippen LogP contribution in [0.5, 0.6) is 5.75 Å². The van der Waals surface area contributed by atoms with E-state index in [1.165, 1.54) is 32.4 Å². The molecule has 0 unspecified atom stereocenters. The molecule has 0 saturated carbocycles. The van der Waals surface area contributed by atoms with Gasteiger partial charge in [-0.05, 0) is 37.6 Å². The first-order valence-corrected chi connectivity index (χ1v) is 10.6. The summed E-state index contributed by atoms with van der Waals surface area (Å²) in [6.45, 7) is 2.92. The smallest absolute Gasteiger partial charge is 0.344 e. The summed E-state index contributed by atoms with van der Waals surface area (Å²) in [7, 11) is -1.20. The monoisotopic (exact) mass is 435 g/mol. The van der Waals surface area contributed by atoms with Crippen molar-refractivity contribution in [1.29, 1.82) is 0 Å². The molecule has 0 heterocycles. The molecule has 2 aromatic rings. The largest absolute Gasteiger partial charge is 0.495 e. The van der Waals surface area contributed by atoms with Gasteiger partial charge in [0.05, 0.1) is 18.8 Å². The first-order valence-electron chi connectivity index (χ1n) is 9.20. The Kier molecular flexibility index (Phi) is 7.96. The molecule has 0 fully saturated rings. The maximum Gasteiger partial charge on any atom is 0.344 e. The van der Waals surface area contributed by atoms with E-state index in [0.29, 0.717) is 0 Å². The molecule has 0 radical (unpaired) electrons. The fraction of sp³-hybridized carbons (Fsp3) is 0.333. The molecule has 0 atom stereocenters. The highest BCUT2D eigenvalue weighted by molar-refractivity contribution is 7.89. The van der Waals surface area contributed by atoms with Crippen LogP contribution in [0.2, 0.25) is 0 Å². The molecule has 0 aromatic heterocycles. The van der Waals surface area contributed by atoms with Crippen LogP contribution >= 0.6 is 0 Å². The van der Waals surface area contributed by atoms with Crippen LogP contribution in [-0.2, 0) is 30.8 Å². The van der Waals surface area contributed by atoms with Gasteiger partial charge in [-0.25, -0.2) is 18.0 Å². The zero-order valence-electron chi connectivity index (χ0n) is 17.3. The molecule has 9 heteroatoms. The van der Waals surface area contributed by atoms with Crippen molar-refractivity contribution in [3.8, 4) is 5.75 Å². The van der Waals surface area contributed by atoms with E-state index in [4.69, 9.17) is 14.2 Å². The Bertz CT molecular complexity index is 988. The number of ether oxygens (including phenoxy) is 3. The molecule has 30 heavy (non-hydrogen) atoms. The number of nitrogens with zero attached hydrogens (tertiary/aromatic N) is 1. The van der Waals surface area contributed by atoms with Crippen LogP contribution in [0.3, 0.4) is 0 Å². The molecule has 0 saturated heterocycles. The van der Waals surface area contributed by atoms with Crippen molar-refractivity contribution in [2.75, 3.05) is 20.8 Å². The molecule has 2 rings (SSSR count). The van der Waals surface area contributed by atoms with Gasteiger partial charge in [0, 0.05) is 13.6 Å². The van der Waals surface area contributed by atoms with Gasteiger partial charge in [0.2, 0.25) is 10.0 Å². The lowest BCUT2D eigenvalue weighted by molar-refractivity contribution is -0.150. The van der Waals surface area contributed by atoms with Crippen LogP contribution < -0.4 is 4.74 Å². The van der Waals surface area contributed by atoms with Crippen LogP contribution in [0.1, 0.15) is 29.8 Å². The minimum Gasteiger partial charge on any atom is -0.495 e. The number of hydrogen-bond donors (Lipinski definition) is 0. The molecule has 0 N–H and O–H groups in total. The third kappa shape index (κ3) is 6.04. The summed E-state index contributed by atoms with van der Waals surface area (Å²) in [6.07, 6.45) is -0.339. The number of methoxy groups -OCH3 is 1. The van der Waals surface area contributed by atoms with Crippen molar-refractivity contribution in [1.82, 2.24) is 4.31 Å². The van der Waals surface area contributed by atoms with E-state index in [1.54, 1.807) is 13.8 Å². The quantitative estimate of drug-likeness (QED) is 0.558. The van der Waals surface area contributed by atoms with Gasteiger partial charge < -0.3 is 14.2 Å². The molecule has 0 aliphatic carbocycles. The minimum atomic E-state index is -3.97. The summed E-state index contributed by atoms with van der Waals surface area (Å²) in [5.41, 5.74) is 0.779. The van der Waals surface area contributed by atoms with E-state index in [0.717, 1.165) is 9.87 Å². The second-order valence-corrected chi connectivity index (χ2v) is 8.74. The van der Waals surface area contributed by atoms with E-state index < -0.39 is 28.6 Å². The van der Waals surface area contributed by atoms with Crippen molar-refractivity contribution < 1.29 is 32.2 Å². The van der Waals surface area contributed by atoms with Crippen molar-refractivity contribution >= 4 is 22.0 Å². The summed E-state index contributed by atoms with van der Waals surface area (Å²) in [4.78, 5) is 23.7. The first kappa shape index (κ1) is 23.4. The van der Waals surface area contributed by atoms with Crippen LogP contribution in [0.25, 0.3) is 0 Å². The summed E-state index contributed by atoms with van der Waals surface area (Å²) < 4.78 is 42.4. The van der Waals surface area contributed by atoms with Gasteiger partial charge in [0.25, 0.3) is 0 Å². The average molecular weight is 435 g/mol. The zero-order chi connectivity index (χ0) is 22.3. The lowest BCUT2D eigenvalue weighted by atomic mass is 10.2. The second kappa shape index (κ2) is 10.2. The van der Waals surface area contributed by atoms with Gasteiger partial charge in [-0.2, -0.15) is 4.31 Å². The van der Waals surface area contributed by atoms with Crippen molar-refractivity contribution in [3.63, 3.8) is 0 Å². The maximum atomic E-state index is 13.1. The predicted octanol–water partition coefficient (Wildman–Crippen LogP) is 2.62. The van der Waals surface area contributed by atoms with Gasteiger partial charge in [-0.15, -0.1) is 0 Å². The van der Waals surface area contributed by atoms with Crippen LogP contribution in [0, 0.1) is 0 Å². The van der Waals surface area contributed by atoms with Crippen LogP contribution in [-0.4, -0.2) is 51.5 Å². The Labute approximate surface area is 176 Å². The van der Waals surface area contributed by atoms with E-state index in [9.17, 15) is 18.0 Å². The summed E-state index contributed by atoms with van der Waals surface area (Å²) in [5, 5.41) is 0. The topological polar surface area (TPSA) is 99.2 Å². The van der Waals surface area contributed by atoms with E-state index >= 15 is 0 Å². The summed E-state index contributed by atoms with van der Waals surface area (Å²) in [6, 6.07) is 13.0. The van der Waals surface area contributed by atoms with Gasteiger partial charge in [0.15, 0.2) is 6.61 Å². The molecule has 0 spiro atoms. The number of rotatable bonds is 9. The van der Waals surface area contributed by atoms with Gasteiger partial charge in [-0.3, -0.25) is 0 Å². The lowest BCUT2D eigenvalue weighted by Gasteiger charge is -2.19. The molecule has 0 aliphatic rings. The molecule has 8 nitrogen and oxygen atoms in total. The summed E-state index contributed by atoms with van der Waals surface area (Å²) >= 11 is 0. The van der Waals surface area contributed by atoms with E-state index in [2.05, 4.69) is 0 Å². The third-order valence-corrected chi connectivity index (χ3v) is 5.85. The zero-order valence-corrected chi connectivity index (χ0v) is 18.1. The van der Waals surface area contributed by atoms with Crippen LogP contribution in [0.15, 0.2) is 53.4 Å². The minimum absolute atomic E-state index is 0.0279. The lowest BCUT2D eigenvalue weighted by Crippen LogP contribution is -2.27. The highest BCUT2D eigenvalue weighted by Crippen LogP contribution is 2.28. The fourth-order valence-corrected chi connectivity index (χ4v) is 3.94. The number of carbonyl (C=O) groups excluding carboxylic acids is 2. The van der Waals surface area contributed by atoms with Gasteiger partial charge in [-0.1, -0.05) is 30.3 Å². The van der Waals surface area contributed by atoms with Crippen molar-refractivity contribution in [3.05, 3.63) is 59.7 Å². The highest BCUT2D eigenvalue weighted by Gasteiger charge is 2.27. The Morgan fingerprint density at radius 3 is 2.33 bits per heavy atom. The number of esters is 2. The van der Waals surface area contributed by atoms with E-state index in [-0.39, 0.29) is 28.9 Å². The standard InChI is InChI=1S/C21H25NO7S/c1-15(2)29-20(23)14-28-21(24)17-10-11-18(27-4)19(12-17)30(25,26)22(3)13-16-8-6-5-7-9-16/h5-12,15H,13-14H2,1-4H3. The number of hydrogen-bond acceptors (Lipinski definition) is 7. The molecule has 0 aliphatic heterocycles. The molecule has 162 valence electrons. The number of benzene rings is 2. The molecule has 2 aromatic carbocycles. The van der Waals surface area contributed by atoms with E-state index in [1.807, 2.05) is 30.3 Å². The number of sulfonamides is 1. The summed E-state index contributed by atoms with van der Waals surface area (Å²) in [5.74, 6) is -1.45. The maximum absolute atomic E-state index is 13.1. The Hall–Kier alpha value is -2.91. The SMILES string of the molecule is COc1ccc(C(=O)OCC(=O)OC(C)C)cc1S(=O)(=O)N(C)Cc1ccccc1. The van der Waals surface area contributed by atoms with Crippen molar-refractivity contribution in [2.24, 2.45) is 0 Å². The first-order chi connectivity index (χ1) is 14.1. The van der Waals surface area contributed by atoms with Crippen LogP contribution in [0.4, 0.5) is 0 Å². The normalized spacial score (nSPS) is 11.4. The van der Waals surface area contributed by atoms with Gasteiger partial charge >= 0.3 is 11.9 Å². The molecular weight excluding hydrogens is 410 g/mol. The predicted molar refractivity (Wildman–Crippen MR) is 110 cm³/mol.